The van der Waals surface area contributed by atoms with Gasteiger partial charge in [0.25, 0.3) is 0 Å². The summed E-state index contributed by atoms with van der Waals surface area (Å²) in [6, 6.07) is 8.81. The molecule has 1 aliphatic rings. The number of nitrogens with zero attached hydrogens (tertiary/aromatic N) is 1. The highest BCUT2D eigenvalue weighted by Crippen LogP contribution is 2.34. The van der Waals surface area contributed by atoms with Crippen molar-refractivity contribution in [3.05, 3.63) is 48.0 Å². The van der Waals surface area contributed by atoms with Crippen LogP contribution in [0.4, 0.5) is 19.3 Å². The zero-order valence-corrected chi connectivity index (χ0v) is 12.6. The Bertz CT molecular complexity index is 732. The number of carbonyl (C=O) groups is 1. The number of nitrogens with one attached hydrogen (secondary N) is 1. The summed E-state index contributed by atoms with van der Waals surface area (Å²) in [5.74, 6) is -1.42. The van der Waals surface area contributed by atoms with Crippen LogP contribution in [0.5, 0.6) is 5.75 Å². The molecule has 1 heterocycles. The molecule has 0 spiro atoms. The summed E-state index contributed by atoms with van der Waals surface area (Å²) in [4.78, 5) is 13.5. The lowest BCUT2D eigenvalue weighted by molar-refractivity contribution is 0.243. The van der Waals surface area contributed by atoms with E-state index in [0.717, 1.165) is 18.2 Å². The van der Waals surface area contributed by atoms with E-state index < -0.39 is 11.6 Å². The number of ether oxygens (including phenoxy) is 1. The first-order valence-electron chi connectivity index (χ1n) is 7.29. The summed E-state index contributed by atoms with van der Waals surface area (Å²) in [5, 5.41) is 2.78. The largest absolute Gasteiger partial charge is 0.493 e. The maximum absolute atomic E-state index is 13.8. The number of methoxy groups -OCH3 is 1. The summed E-state index contributed by atoms with van der Waals surface area (Å²) < 4.78 is 32.3. The average Bonchev–Trinajstić information content (AvgIpc) is 2.55. The highest BCUT2D eigenvalue weighted by molar-refractivity contribution is 5.93. The van der Waals surface area contributed by atoms with Gasteiger partial charge in [0.15, 0.2) is 11.6 Å². The van der Waals surface area contributed by atoms with Crippen molar-refractivity contribution in [3.63, 3.8) is 0 Å². The third-order valence-corrected chi connectivity index (χ3v) is 3.78. The van der Waals surface area contributed by atoms with Gasteiger partial charge in [0, 0.05) is 30.4 Å². The van der Waals surface area contributed by atoms with Gasteiger partial charge >= 0.3 is 6.03 Å². The molecule has 6 heteroatoms. The molecule has 0 unspecified atom stereocenters. The van der Waals surface area contributed by atoms with Crippen LogP contribution < -0.4 is 15.0 Å². The molecule has 2 aromatic rings. The number of hydrogen-bond donors (Lipinski definition) is 1. The van der Waals surface area contributed by atoms with Crippen LogP contribution in [-0.4, -0.2) is 26.2 Å². The van der Waals surface area contributed by atoms with E-state index in [2.05, 4.69) is 5.32 Å². The van der Waals surface area contributed by atoms with Crippen LogP contribution in [0.15, 0.2) is 36.4 Å². The van der Waals surface area contributed by atoms with E-state index >= 15 is 0 Å². The number of urea groups is 1. The van der Waals surface area contributed by atoms with Gasteiger partial charge in [0.1, 0.15) is 5.82 Å². The van der Waals surface area contributed by atoms with Gasteiger partial charge in [0.2, 0.25) is 0 Å². The number of amides is 2. The van der Waals surface area contributed by atoms with Crippen molar-refractivity contribution in [1.29, 1.82) is 0 Å². The Morgan fingerprint density at radius 3 is 2.57 bits per heavy atom. The van der Waals surface area contributed by atoms with E-state index in [1.807, 2.05) is 0 Å². The molecule has 0 bridgehead atoms. The van der Waals surface area contributed by atoms with E-state index in [9.17, 15) is 13.6 Å². The van der Waals surface area contributed by atoms with Crippen molar-refractivity contribution >= 4 is 11.7 Å². The molecule has 3 rings (SSSR count). The van der Waals surface area contributed by atoms with Crippen molar-refractivity contribution in [1.82, 2.24) is 5.32 Å². The van der Waals surface area contributed by atoms with E-state index in [1.54, 1.807) is 29.2 Å². The molecule has 0 radical (unpaired) electrons. The number of anilines is 1. The molecule has 23 heavy (non-hydrogen) atoms. The summed E-state index contributed by atoms with van der Waals surface area (Å²) in [6.07, 6.45) is 0.871. The van der Waals surface area contributed by atoms with Gasteiger partial charge in [0.05, 0.1) is 7.11 Å². The molecule has 0 atom stereocenters. The Kier molecular flexibility index (Phi) is 4.14. The van der Waals surface area contributed by atoms with Crippen LogP contribution in [-0.2, 0) is 0 Å². The lowest BCUT2D eigenvalue weighted by atomic mass is 10.0. The van der Waals surface area contributed by atoms with Gasteiger partial charge in [-0.05, 0) is 30.2 Å². The fourth-order valence-electron chi connectivity index (χ4n) is 2.68. The summed E-state index contributed by atoms with van der Waals surface area (Å²) in [7, 11) is 1.34. The van der Waals surface area contributed by atoms with E-state index in [4.69, 9.17) is 4.74 Å². The maximum atomic E-state index is 13.8. The van der Waals surface area contributed by atoms with E-state index in [-0.39, 0.29) is 11.8 Å². The monoisotopic (exact) mass is 318 g/mol. The zero-order valence-electron chi connectivity index (χ0n) is 12.6. The van der Waals surface area contributed by atoms with Gasteiger partial charge in [-0.25, -0.2) is 13.6 Å². The second kappa shape index (κ2) is 6.24. The number of benzene rings is 2. The number of hydrogen-bond acceptors (Lipinski definition) is 2. The van der Waals surface area contributed by atoms with E-state index in [0.29, 0.717) is 24.2 Å². The Morgan fingerprint density at radius 1 is 1.17 bits per heavy atom. The SMILES string of the molecule is COc1c(F)cc(F)cc1-c1ccc(N2CCCNC2=O)cc1. The third-order valence-electron chi connectivity index (χ3n) is 3.78. The fourth-order valence-corrected chi connectivity index (χ4v) is 2.68. The maximum Gasteiger partial charge on any atom is 0.321 e. The van der Waals surface area contributed by atoms with Crippen molar-refractivity contribution in [2.24, 2.45) is 0 Å². The highest BCUT2D eigenvalue weighted by Gasteiger charge is 2.19. The predicted molar refractivity (Wildman–Crippen MR) is 83.7 cm³/mol. The molecule has 4 nitrogen and oxygen atoms in total. The van der Waals surface area contributed by atoms with Crippen LogP contribution in [0, 0.1) is 11.6 Å². The highest BCUT2D eigenvalue weighted by atomic mass is 19.1. The van der Waals surface area contributed by atoms with Crippen LogP contribution in [0.2, 0.25) is 0 Å². The Morgan fingerprint density at radius 2 is 1.91 bits per heavy atom. The summed E-state index contributed by atoms with van der Waals surface area (Å²) in [6.45, 7) is 1.32. The summed E-state index contributed by atoms with van der Waals surface area (Å²) >= 11 is 0. The van der Waals surface area contributed by atoms with Crippen LogP contribution >= 0.6 is 0 Å². The lowest BCUT2D eigenvalue weighted by Crippen LogP contribution is -2.46. The molecular formula is C17H16F2N2O2. The molecule has 1 aliphatic heterocycles. The smallest absolute Gasteiger partial charge is 0.321 e. The first-order chi connectivity index (χ1) is 11.1. The van der Waals surface area contributed by atoms with Gasteiger partial charge in [-0.3, -0.25) is 4.90 Å². The van der Waals surface area contributed by atoms with Crippen LogP contribution in [0.1, 0.15) is 6.42 Å². The van der Waals surface area contributed by atoms with Gasteiger partial charge in [-0.2, -0.15) is 0 Å². The third kappa shape index (κ3) is 2.97. The normalized spacial score (nSPS) is 14.6. The number of rotatable bonds is 3. The molecule has 1 saturated heterocycles. The van der Waals surface area contributed by atoms with Gasteiger partial charge in [-0.15, -0.1) is 0 Å². The molecule has 0 aliphatic carbocycles. The minimum atomic E-state index is -0.748. The topological polar surface area (TPSA) is 41.6 Å². The second-order valence-corrected chi connectivity index (χ2v) is 5.25. The Labute approximate surface area is 132 Å². The number of carbonyl (C=O) groups excluding carboxylic acids is 1. The molecule has 0 aromatic heterocycles. The Balaban J connectivity index is 1.95. The van der Waals surface area contributed by atoms with Crippen LogP contribution in [0.3, 0.4) is 0 Å². The van der Waals surface area contributed by atoms with Crippen molar-refractivity contribution < 1.29 is 18.3 Å². The first kappa shape index (κ1) is 15.3. The molecular weight excluding hydrogens is 302 g/mol. The second-order valence-electron chi connectivity index (χ2n) is 5.25. The lowest BCUT2D eigenvalue weighted by Gasteiger charge is -2.27. The molecule has 1 N–H and O–H groups in total. The predicted octanol–water partition coefficient (Wildman–Crippen LogP) is 3.56. The molecule has 0 saturated carbocycles. The molecule has 120 valence electrons. The standard InChI is InChI=1S/C17H16F2N2O2/c1-23-16-14(9-12(18)10-15(16)19)11-3-5-13(6-4-11)21-8-2-7-20-17(21)22/h3-6,9-10H,2,7-8H2,1H3,(H,20,22). The van der Waals surface area contributed by atoms with Crippen molar-refractivity contribution in [3.8, 4) is 16.9 Å². The minimum absolute atomic E-state index is 0.00475. The molecule has 2 aromatic carbocycles. The van der Waals surface area contributed by atoms with Crippen molar-refractivity contribution in [2.75, 3.05) is 25.1 Å². The fraction of sp³-hybridized carbons (Fsp3) is 0.235. The zero-order chi connectivity index (χ0) is 16.4. The molecule has 1 fully saturated rings. The van der Waals surface area contributed by atoms with Crippen LogP contribution in [0.25, 0.3) is 11.1 Å². The minimum Gasteiger partial charge on any atom is -0.493 e. The quantitative estimate of drug-likeness (QED) is 0.940. The van der Waals surface area contributed by atoms with Gasteiger partial charge < -0.3 is 10.1 Å². The summed E-state index contributed by atoms with van der Waals surface area (Å²) in [5.41, 5.74) is 1.68. The Hall–Kier alpha value is -2.63. The number of halogens is 2. The van der Waals surface area contributed by atoms with Crippen molar-refractivity contribution in [2.45, 2.75) is 6.42 Å². The average molecular weight is 318 g/mol. The first-order valence-corrected chi connectivity index (χ1v) is 7.29. The molecule has 2 amide bonds. The van der Waals surface area contributed by atoms with Gasteiger partial charge in [-0.1, -0.05) is 12.1 Å². The van der Waals surface area contributed by atoms with E-state index in [1.165, 1.54) is 13.2 Å².